The number of carbonyl (C=O) groups is 1. The number of nitrogens with one attached hydrogen (secondary N) is 1. The van der Waals surface area contributed by atoms with Gasteiger partial charge in [0.2, 0.25) is 0 Å². The second-order valence-corrected chi connectivity index (χ2v) is 6.37. The van der Waals surface area contributed by atoms with Gasteiger partial charge in [-0.25, -0.2) is 5.43 Å². The van der Waals surface area contributed by atoms with E-state index in [9.17, 15) is 14.9 Å². The smallest absolute Gasteiger partial charge is 0.271 e. The summed E-state index contributed by atoms with van der Waals surface area (Å²) < 4.78 is 5.86. The first-order valence-electron chi connectivity index (χ1n) is 8.72. The van der Waals surface area contributed by atoms with E-state index in [-0.39, 0.29) is 17.4 Å². The van der Waals surface area contributed by atoms with Gasteiger partial charge in [0.1, 0.15) is 5.75 Å². The van der Waals surface area contributed by atoms with Gasteiger partial charge in [-0.3, -0.25) is 14.9 Å². The first kappa shape index (κ1) is 19.0. The van der Waals surface area contributed by atoms with E-state index in [2.05, 4.69) is 10.5 Å². The van der Waals surface area contributed by atoms with Crippen LogP contribution < -0.4 is 10.2 Å². The lowest BCUT2D eigenvalue weighted by atomic mass is 10.0. The highest BCUT2D eigenvalue weighted by Crippen LogP contribution is 2.27. The first-order chi connectivity index (χ1) is 13.5. The molecule has 0 bridgehead atoms. The van der Waals surface area contributed by atoms with Crippen LogP contribution in [0.25, 0.3) is 10.8 Å². The normalized spacial score (nSPS) is 11.1. The lowest BCUT2D eigenvalue weighted by molar-refractivity contribution is -0.384. The van der Waals surface area contributed by atoms with Crippen molar-refractivity contribution in [3.63, 3.8) is 0 Å². The summed E-state index contributed by atoms with van der Waals surface area (Å²) in [5.41, 5.74) is 3.41. The zero-order valence-corrected chi connectivity index (χ0v) is 15.5. The fourth-order valence-corrected chi connectivity index (χ4v) is 2.72. The van der Waals surface area contributed by atoms with Gasteiger partial charge in [-0.1, -0.05) is 30.3 Å². The number of benzene rings is 3. The van der Waals surface area contributed by atoms with Crippen LogP contribution in [0.2, 0.25) is 0 Å². The van der Waals surface area contributed by atoms with Crippen LogP contribution in [0.1, 0.15) is 29.8 Å². The van der Waals surface area contributed by atoms with Crippen LogP contribution in [0, 0.1) is 10.1 Å². The SMILES string of the molecule is CC(C)Oc1ccc2ccccc2c1C=NNC(=O)c1ccc([N+](=O)[O-])cc1. The van der Waals surface area contributed by atoms with Gasteiger partial charge in [-0.15, -0.1) is 0 Å². The molecule has 0 saturated heterocycles. The summed E-state index contributed by atoms with van der Waals surface area (Å²) in [6.45, 7) is 3.87. The number of nitro benzene ring substituents is 1. The number of hydrazone groups is 1. The van der Waals surface area contributed by atoms with E-state index in [4.69, 9.17) is 4.74 Å². The number of hydrogen-bond donors (Lipinski definition) is 1. The van der Waals surface area contributed by atoms with Crippen LogP contribution in [0.4, 0.5) is 5.69 Å². The Bertz CT molecular complexity index is 1040. The Balaban J connectivity index is 1.83. The molecule has 0 saturated carbocycles. The number of nitro groups is 1. The van der Waals surface area contributed by atoms with Gasteiger partial charge < -0.3 is 4.74 Å². The molecule has 1 amide bonds. The van der Waals surface area contributed by atoms with Crippen molar-refractivity contribution in [1.82, 2.24) is 5.43 Å². The van der Waals surface area contributed by atoms with Crippen molar-refractivity contribution < 1.29 is 14.5 Å². The maximum atomic E-state index is 12.2. The molecular weight excluding hydrogens is 358 g/mol. The zero-order chi connectivity index (χ0) is 20.1. The molecule has 0 heterocycles. The number of carbonyl (C=O) groups excluding carboxylic acids is 1. The summed E-state index contributed by atoms with van der Waals surface area (Å²) >= 11 is 0. The molecule has 3 aromatic rings. The molecule has 0 unspecified atom stereocenters. The number of fused-ring (bicyclic) bond motifs is 1. The quantitative estimate of drug-likeness (QED) is 0.394. The van der Waals surface area contributed by atoms with Gasteiger partial charge in [0.25, 0.3) is 11.6 Å². The van der Waals surface area contributed by atoms with Crippen LogP contribution >= 0.6 is 0 Å². The van der Waals surface area contributed by atoms with Crippen molar-refractivity contribution in [3.05, 3.63) is 81.9 Å². The fraction of sp³-hybridized carbons (Fsp3) is 0.143. The summed E-state index contributed by atoms with van der Waals surface area (Å²) in [6, 6.07) is 17.0. The molecule has 142 valence electrons. The number of hydrogen-bond acceptors (Lipinski definition) is 5. The average Bonchev–Trinajstić information content (AvgIpc) is 2.69. The molecule has 0 aliphatic heterocycles. The van der Waals surface area contributed by atoms with Crippen molar-refractivity contribution in [2.45, 2.75) is 20.0 Å². The number of ether oxygens (including phenoxy) is 1. The van der Waals surface area contributed by atoms with Crippen LogP contribution in [0.3, 0.4) is 0 Å². The minimum atomic E-state index is -0.517. The molecule has 0 aliphatic rings. The Labute approximate surface area is 161 Å². The highest BCUT2D eigenvalue weighted by molar-refractivity contribution is 6.03. The van der Waals surface area contributed by atoms with Crippen molar-refractivity contribution in [3.8, 4) is 5.75 Å². The molecule has 0 atom stereocenters. The summed E-state index contributed by atoms with van der Waals surface area (Å²) in [4.78, 5) is 22.4. The standard InChI is InChI=1S/C21H19N3O4/c1-14(2)28-20-12-9-15-5-3-4-6-18(15)19(20)13-22-23-21(25)16-7-10-17(11-8-16)24(26)27/h3-14H,1-2H3,(H,23,25). The van der Waals surface area contributed by atoms with Crippen molar-refractivity contribution in [2.24, 2.45) is 5.10 Å². The predicted octanol–water partition coefficient (Wildman–Crippen LogP) is 4.30. The van der Waals surface area contributed by atoms with E-state index < -0.39 is 10.8 Å². The molecule has 0 aromatic heterocycles. The molecule has 3 rings (SSSR count). The largest absolute Gasteiger partial charge is 0.490 e. The molecule has 3 aromatic carbocycles. The predicted molar refractivity (Wildman–Crippen MR) is 108 cm³/mol. The minimum absolute atomic E-state index is 0.0111. The molecule has 7 nitrogen and oxygen atoms in total. The number of non-ortho nitro benzene ring substituents is 1. The van der Waals surface area contributed by atoms with Crippen LogP contribution in [0.15, 0.2) is 65.8 Å². The van der Waals surface area contributed by atoms with Gasteiger partial charge in [0.15, 0.2) is 0 Å². The Kier molecular flexibility index (Phi) is 5.64. The third-order valence-corrected chi connectivity index (χ3v) is 3.99. The van der Waals surface area contributed by atoms with E-state index in [1.807, 2.05) is 50.2 Å². The van der Waals surface area contributed by atoms with Crippen molar-refractivity contribution >= 4 is 28.6 Å². The summed E-state index contributed by atoms with van der Waals surface area (Å²) in [7, 11) is 0. The summed E-state index contributed by atoms with van der Waals surface area (Å²) in [5.74, 6) is 0.208. The maximum absolute atomic E-state index is 12.2. The minimum Gasteiger partial charge on any atom is -0.490 e. The Morgan fingerprint density at radius 1 is 1.11 bits per heavy atom. The van der Waals surface area contributed by atoms with Gasteiger partial charge in [0, 0.05) is 23.3 Å². The molecule has 0 aliphatic carbocycles. The van der Waals surface area contributed by atoms with E-state index in [0.29, 0.717) is 5.75 Å². The first-order valence-corrected chi connectivity index (χ1v) is 8.72. The second kappa shape index (κ2) is 8.30. The van der Waals surface area contributed by atoms with Gasteiger partial charge in [-0.05, 0) is 42.8 Å². The molecule has 28 heavy (non-hydrogen) atoms. The summed E-state index contributed by atoms with van der Waals surface area (Å²) in [5, 5.41) is 16.7. The third-order valence-electron chi connectivity index (χ3n) is 3.99. The lowest BCUT2D eigenvalue weighted by Crippen LogP contribution is -2.17. The van der Waals surface area contributed by atoms with Crippen LogP contribution in [-0.4, -0.2) is 23.1 Å². The Morgan fingerprint density at radius 2 is 1.82 bits per heavy atom. The van der Waals surface area contributed by atoms with Gasteiger partial charge >= 0.3 is 0 Å². The molecule has 0 spiro atoms. The molecule has 1 N–H and O–H groups in total. The highest BCUT2D eigenvalue weighted by atomic mass is 16.6. The fourth-order valence-electron chi connectivity index (χ4n) is 2.72. The monoisotopic (exact) mass is 377 g/mol. The van der Waals surface area contributed by atoms with Crippen LogP contribution in [0.5, 0.6) is 5.75 Å². The topological polar surface area (TPSA) is 93.8 Å². The average molecular weight is 377 g/mol. The zero-order valence-electron chi connectivity index (χ0n) is 15.5. The number of rotatable bonds is 6. The number of amides is 1. The van der Waals surface area contributed by atoms with Crippen LogP contribution in [-0.2, 0) is 0 Å². The van der Waals surface area contributed by atoms with Crippen molar-refractivity contribution in [1.29, 1.82) is 0 Å². The number of nitrogens with zero attached hydrogens (tertiary/aromatic N) is 2. The van der Waals surface area contributed by atoms with Gasteiger partial charge in [-0.2, -0.15) is 5.10 Å². The molecule has 7 heteroatoms. The van der Waals surface area contributed by atoms with E-state index in [0.717, 1.165) is 16.3 Å². The van der Waals surface area contributed by atoms with Gasteiger partial charge in [0.05, 0.1) is 17.2 Å². The maximum Gasteiger partial charge on any atom is 0.271 e. The Hall–Kier alpha value is -3.74. The van der Waals surface area contributed by atoms with Crippen molar-refractivity contribution in [2.75, 3.05) is 0 Å². The molecule has 0 fully saturated rings. The summed E-state index contributed by atoms with van der Waals surface area (Å²) in [6.07, 6.45) is 1.53. The third kappa shape index (κ3) is 4.32. The second-order valence-electron chi connectivity index (χ2n) is 6.37. The molecular formula is C21H19N3O4. The lowest BCUT2D eigenvalue weighted by Gasteiger charge is -2.14. The highest BCUT2D eigenvalue weighted by Gasteiger charge is 2.10. The van der Waals surface area contributed by atoms with E-state index in [1.54, 1.807) is 6.21 Å². The van der Waals surface area contributed by atoms with E-state index in [1.165, 1.54) is 24.3 Å². The Morgan fingerprint density at radius 3 is 2.50 bits per heavy atom. The molecule has 0 radical (unpaired) electrons. The van der Waals surface area contributed by atoms with E-state index >= 15 is 0 Å².